The highest BCUT2D eigenvalue weighted by atomic mass is 16.5. The maximum absolute atomic E-state index is 12.1. The Hall–Kier alpha value is -3.41. The van der Waals surface area contributed by atoms with E-state index in [1.54, 1.807) is 19.2 Å². The molecule has 0 saturated heterocycles. The Labute approximate surface area is 157 Å². The van der Waals surface area contributed by atoms with Crippen LogP contribution in [0.1, 0.15) is 16.1 Å². The Bertz CT molecular complexity index is 956. The maximum Gasteiger partial charge on any atom is 0.357 e. The van der Waals surface area contributed by atoms with Gasteiger partial charge < -0.3 is 14.8 Å². The lowest BCUT2D eigenvalue weighted by Gasteiger charge is -2.09. The summed E-state index contributed by atoms with van der Waals surface area (Å²) in [6.45, 7) is 0.0737. The molecule has 1 N–H and O–H groups in total. The molecule has 0 aliphatic rings. The van der Waals surface area contributed by atoms with Crippen molar-refractivity contribution in [2.24, 2.45) is 0 Å². The number of nitrogens with one attached hydrogen (secondary N) is 1. The van der Waals surface area contributed by atoms with Crippen LogP contribution >= 0.6 is 0 Å². The molecule has 27 heavy (non-hydrogen) atoms. The van der Waals surface area contributed by atoms with Crippen LogP contribution in [0, 0.1) is 0 Å². The summed E-state index contributed by atoms with van der Waals surface area (Å²) in [4.78, 5) is 28.2. The van der Waals surface area contributed by atoms with E-state index in [1.807, 2.05) is 48.5 Å². The summed E-state index contributed by atoms with van der Waals surface area (Å²) in [6, 6.07) is 18.5. The Morgan fingerprint density at radius 3 is 2.63 bits per heavy atom. The van der Waals surface area contributed by atoms with Gasteiger partial charge >= 0.3 is 5.97 Å². The molecule has 1 aromatic heterocycles. The fourth-order valence-electron chi connectivity index (χ4n) is 2.68. The monoisotopic (exact) mass is 364 g/mol. The molecule has 3 rings (SSSR count). The summed E-state index contributed by atoms with van der Waals surface area (Å²) in [6.07, 6.45) is 0.621. The van der Waals surface area contributed by atoms with Crippen molar-refractivity contribution in [2.45, 2.75) is 6.42 Å². The van der Waals surface area contributed by atoms with Crippen LogP contribution in [0.4, 0.5) is 0 Å². The average molecular weight is 364 g/mol. The molecule has 0 radical (unpaired) electrons. The zero-order valence-corrected chi connectivity index (χ0v) is 15.0. The molecule has 2 aromatic carbocycles. The number of esters is 1. The molecule has 1 heterocycles. The second-order valence-electron chi connectivity index (χ2n) is 5.88. The van der Waals surface area contributed by atoms with Gasteiger partial charge in [-0.15, -0.1) is 0 Å². The van der Waals surface area contributed by atoms with Gasteiger partial charge in [0.1, 0.15) is 11.4 Å². The van der Waals surface area contributed by atoms with Gasteiger partial charge in [0.2, 0.25) is 0 Å². The third-order valence-corrected chi connectivity index (χ3v) is 4.05. The number of pyridine rings is 1. The minimum absolute atomic E-state index is 0.176. The van der Waals surface area contributed by atoms with Crippen LogP contribution in [0.3, 0.4) is 0 Å². The number of carbonyl (C=O) groups is 2. The average Bonchev–Trinajstić information content (AvgIpc) is 2.72. The van der Waals surface area contributed by atoms with E-state index in [0.29, 0.717) is 18.5 Å². The fraction of sp³-hybridized carbons (Fsp3) is 0.190. The van der Waals surface area contributed by atoms with E-state index in [9.17, 15) is 9.59 Å². The molecule has 0 fully saturated rings. The van der Waals surface area contributed by atoms with Crippen LogP contribution in [0.15, 0.2) is 60.7 Å². The lowest BCUT2D eigenvalue weighted by molar-refractivity contribution is -0.124. The van der Waals surface area contributed by atoms with Gasteiger partial charge in [-0.2, -0.15) is 0 Å². The highest BCUT2D eigenvalue weighted by molar-refractivity contribution is 5.92. The van der Waals surface area contributed by atoms with Crippen LogP contribution in [0.25, 0.3) is 10.9 Å². The van der Waals surface area contributed by atoms with E-state index in [-0.39, 0.29) is 18.2 Å². The van der Waals surface area contributed by atoms with Crippen molar-refractivity contribution >= 4 is 22.8 Å². The number of fused-ring (bicyclic) bond motifs is 1. The minimum Gasteiger partial charge on any atom is -0.496 e. The Kier molecular flexibility index (Phi) is 5.99. The van der Waals surface area contributed by atoms with Crippen molar-refractivity contribution in [3.05, 3.63) is 71.9 Å². The number of hydrogen-bond donors (Lipinski definition) is 1. The zero-order valence-electron chi connectivity index (χ0n) is 15.0. The van der Waals surface area contributed by atoms with Crippen molar-refractivity contribution in [3.63, 3.8) is 0 Å². The predicted molar refractivity (Wildman–Crippen MR) is 102 cm³/mol. The van der Waals surface area contributed by atoms with Gasteiger partial charge in [-0.25, -0.2) is 9.78 Å². The molecule has 6 nitrogen and oxygen atoms in total. The topological polar surface area (TPSA) is 77.5 Å². The molecule has 3 aromatic rings. The molecule has 0 saturated carbocycles. The lowest BCUT2D eigenvalue weighted by atomic mass is 10.1. The van der Waals surface area contributed by atoms with Crippen molar-refractivity contribution < 1.29 is 19.1 Å². The first kappa shape index (κ1) is 18.4. The smallest absolute Gasteiger partial charge is 0.357 e. The van der Waals surface area contributed by atoms with E-state index in [2.05, 4.69) is 10.3 Å². The number of hydrogen-bond acceptors (Lipinski definition) is 5. The third-order valence-electron chi connectivity index (χ3n) is 4.05. The Morgan fingerprint density at radius 2 is 1.78 bits per heavy atom. The molecule has 0 aliphatic carbocycles. The Morgan fingerprint density at radius 1 is 1.00 bits per heavy atom. The molecule has 0 bridgehead atoms. The Balaban J connectivity index is 1.47. The number of carbonyl (C=O) groups excluding carboxylic acids is 2. The largest absolute Gasteiger partial charge is 0.496 e. The van der Waals surface area contributed by atoms with Crippen molar-refractivity contribution in [2.75, 3.05) is 20.3 Å². The quantitative estimate of drug-likeness (QED) is 0.652. The van der Waals surface area contributed by atoms with Crippen molar-refractivity contribution in [1.82, 2.24) is 10.3 Å². The second kappa shape index (κ2) is 8.80. The number of amides is 1. The zero-order chi connectivity index (χ0) is 19.1. The number of rotatable bonds is 7. The SMILES string of the molecule is COc1ccccc1CCNC(=O)COC(=O)c1ccc2ccccc2n1. The van der Waals surface area contributed by atoms with E-state index in [4.69, 9.17) is 9.47 Å². The standard InChI is InChI=1S/C21H20N2O4/c1-26-19-9-5-3-7-16(19)12-13-22-20(24)14-27-21(25)18-11-10-15-6-2-4-8-17(15)23-18/h2-11H,12-14H2,1H3,(H,22,24). The number of benzene rings is 2. The number of ether oxygens (including phenoxy) is 2. The highest BCUT2D eigenvalue weighted by Crippen LogP contribution is 2.17. The van der Waals surface area contributed by atoms with Crippen LogP contribution in [-0.2, 0) is 16.0 Å². The first-order valence-corrected chi connectivity index (χ1v) is 8.59. The molecule has 0 spiro atoms. The highest BCUT2D eigenvalue weighted by Gasteiger charge is 2.12. The van der Waals surface area contributed by atoms with E-state index < -0.39 is 5.97 Å². The van der Waals surface area contributed by atoms with Crippen molar-refractivity contribution in [1.29, 1.82) is 0 Å². The fourth-order valence-corrected chi connectivity index (χ4v) is 2.68. The second-order valence-corrected chi connectivity index (χ2v) is 5.88. The normalized spacial score (nSPS) is 10.4. The molecular formula is C21H20N2O4. The lowest BCUT2D eigenvalue weighted by Crippen LogP contribution is -2.30. The van der Waals surface area contributed by atoms with Crippen LogP contribution < -0.4 is 10.1 Å². The van der Waals surface area contributed by atoms with Gasteiger partial charge in [0.05, 0.1) is 12.6 Å². The van der Waals surface area contributed by atoms with Gasteiger partial charge in [0.25, 0.3) is 5.91 Å². The first-order valence-electron chi connectivity index (χ1n) is 8.59. The van der Waals surface area contributed by atoms with Gasteiger partial charge in [0, 0.05) is 11.9 Å². The summed E-state index contributed by atoms with van der Waals surface area (Å²) in [7, 11) is 1.61. The van der Waals surface area contributed by atoms with Gasteiger partial charge in [-0.1, -0.05) is 42.5 Å². The molecule has 0 atom stereocenters. The molecule has 138 valence electrons. The van der Waals surface area contributed by atoms with Gasteiger partial charge in [0.15, 0.2) is 6.61 Å². The molecular weight excluding hydrogens is 344 g/mol. The molecule has 0 aliphatic heterocycles. The summed E-state index contributed by atoms with van der Waals surface area (Å²) in [5, 5.41) is 3.66. The van der Waals surface area contributed by atoms with E-state index >= 15 is 0 Å². The van der Waals surface area contributed by atoms with Crippen LogP contribution in [0.5, 0.6) is 5.75 Å². The van der Waals surface area contributed by atoms with Crippen LogP contribution in [0.2, 0.25) is 0 Å². The molecule has 1 amide bonds. The number of para-hydroxylation sites is 2. The van der Waals surface area contributed by atoms with Gasteiger partial charge in [-0.3, -0.25) is 4.79 Å². The summed E-state index contributed by atoms with van der Waals surface area (Å²) >= 11 is 0. The molecule has 0 unspecified atom stereocenters. The number of nitrogens with zero attached hydrogens (tertiary/aromatic N) is 1. The van der Waals surface area contributed by atoms with E-state index in [0.717, 1.165) is 16.7 Å². The first-order chi connectivity index (χ1) is 13.2. The summed E-state index contributed by atoms with van der Waals surface area (Å²) < 4.78 is 10.3. The molecule has 6 heteroatoms. The summed E-state index contributed by atoms with van der Waals surface area (Å²) in [5.74, 6) is -0.208. The number of aromatic nitrogens is 1. The van der Waals surface area contributed by atoms with E-state index in [1.165, 1.54) is 0 Å². The van der Waals surface area contributed by atoms with Gasteiger partial charge in [-0.05, 0) is 30.2 Å². The predicted octanol–water partition coefficient (Wildman–Crippen LogP) is 2.76. The summed E-state index contributed by atoms with van der Waals surface area (Å²) in [5.41, 5.74) is 1.88. The third kappa shape index (κ3) is 4.82. The van der Waals surface area contributed by atoms with Crippen LogP contribution in [-0.4, -0.2) is 37.1 Å². The van der Waals surface area contributed by atoms with Crippen molar-refractivity contribution in [3.8, 4) is 5.75 Å². The maximum atomic E-state index is 12.1. The number of methoxy groups -OCH3 is 1. The minimum atomic E-state index is -0.624.